The van der Waals surface area contributed by atoms with Crippen LogP contribution in [0, 0.1) is 12.8 Å². The lowest BCUT2D eigenvalue weighted by Crippen LogP contribution is -2.18. The number of ether oxygens (including phenoxy) is 1. The van der Waals surface area contributed by atoms with E-state index in [9.17, 15) is 14.4 Å². The molecule has 5 nitrogen and oxygen atoms in total. The van der Waals surface area contributed by atoms with Crippen LogP contribution in [0.5, 0.6) is 0 Å². The van der Waals surface area contributed by atoms with Crippen molar-refractivity contribution in [3.63, 3.8) is 0 Å². The second-order valence-corrected chi connectivity index (χ2v) is 6.09. The minimum atomic E-state index is -0.530. The first-order valence-electron chi connectivity index (χ1n) is 8.04. The van der Waals surface area contributed by atoms with Crippen molar-refractivity contribution >= 4 is 23.3 Å². The first-order chi connectivity index (χ1) is 11.9. The molecule has 0 unspecified atom stereocenters. The van der Waals surface area contributed by atoms with Crippen LogP contribution in [0.2, 0.25) is 0 Å². The second kappa shape index (κ2) is 8.24. The molecule has 0 aliphatic carbocycles. The fourth-order valence-corrected chi connectivity index (χ4v) is 2.10. The fourth-order valence-electron chi connectivity index (χ4n) is 2.10. The molecule has 1 amide bonds. The van der Waals surface area contributed by atoms with E-state index >= 15 is 0 Å². The van der Waals surface area contributed by atoms with Gasteiger partial charge in [0, 0.05) is 17.2 Å². The average molecular weight is 339 g/mol. The van der Waals surface area contributed by atoms with Crippen LogP contribution in [-0.2, 0) is 9.53 Å². The quantitative estimate of drug-likeness (QED) is 0.644. The van der Waals surface area contributed by atoms with E-state index < -0.39 is 5.97 Å². The molecule has 1 N–H and O–H groups in total. The molecule has 0 spiro atoms. The minimum Gasteiger partial charge on any atom is -0.454 e. The van der Waals surface area contributed by atoms with E-state index in [0.29, 0.717) is 16.8 Å². The minimum absolute atomic E-state index is 0.0915. The zero-order chi connectivity index (χ0) is 18.4. The highest BCUT2D eigenvalue weighted by Gasteiger charge is 2.12. The first-order valence-corrected chi connectivity index (χ1v) is 8.04. The number of carbonyl (C=O) groups is 3. The van der Waals surface area contributed by atoms with E-state index in [0.717, 1.165) is 5.56 Å². The third-order valence-corrected chi connectivity index (χ3v) is 3.59. The number of amides is 1. The van der Waals surface area contributed by atoms with Crippen molar-refractivity contribution in [3.05, 3.63) is 65.2 Å². The number of ketones is 1. The van der Waals surface area contributed by atoms with Gasteiger partial charge in [-0.2, -0.15) is 0 Å². The molecule has 25 heavy (non-hydrogen) atoms. The number of aryl methyl sites for hydroxylation is 1. The van der Waals surface area contributed by atoms with Gasteiger partial charge in [0.1, 0.15) is 0 Å². The Hall–Kier alpha value is -2.95. The SMILES string of the molecule is Cc1cccc(C(=O)OCC(=O)c2ccc(NC(=O)C(C)C)cc2)c1. The molecule has 0 saturated carbocycles. The van der Waals surface area contributed by atoms with Crippen LogP contribution in [0.25, 0.3) is 0 Å². The highest BCUT2D eigenvalue weighted by Crippen LogP contribution is 2.12. The van der Waals surface area contributed by atoms with E-state index in [4.69, 9.17) is 4.74 Å². The van der Waals surface area contributed by atoms with Crippen LogP contribution in [0.1, 0.15) is 40.1 Å². The molecule has 0 saturated heterocycles. The average Bonchev–Trinajstić information content (AvgIpc) is 2.59. The van der Waals surface area contributed by atoms with Crippen LogP contribution in [0.4, 0.5) is 5.69 Å². The molecular weight excluding hydrogens is 318 g/mol. The molecule has 2 aromatic rings. The molecule has 2 aromatic carbocycles. The maximum absolute atomic E-state index is 12.1. The molecule has 0 aliphatic rings. The highest BCUT2D eigenvalue weighted by atomic mass is 16.5. The summed E-state index contributed by atoms with van der Waals surface area (Å²) in [6.07, 6.45) is 0. The lowest BCUT2D eigenvalue weighted by atomic mass is 10.1. The summed E-state index contributed by atoms with van der Waals surface area (Å²) < 4.78 is 5.07. The van der Waals surface area contributed by atoms with Crippen LogP contribution >= 0.6 is 0 Å². The first kappa shape index (κ1) is 18.4. The fraction of sp³-hybridized carbons (Fsp3) is 0.250. The molecule has 5 heteroatoms. The Bertz CT molecular complexity index is 779. The zero-order valence-electron chi connectivity index (χ0n) is 14.5. The number of carbonyl (C=O) groups excluding carboxylic acids is 3. The number of hydrogen-bond acceptors (Lipinski definition) is 4. The molecule has 0 heterocycles. The summed E-state index contributed by atoms with van der Waals surface area (Å²) in [5.41, 5.74) is 2.39. The molecule has 0 radical (unpaired) electrons. The maximum atomic E-state index is 12.1. The van der Waals surface area contributed by atoms with Crippen LogP contribution in [0.15, 0.2) is 48.5 Å². The number of anilines is 1. The maximum Gasteiger partial charge on any atom is 0.338 e. The molecule has 130 valence electrons. The van der Waals surface area contributed by atoms with E-state index in [-0.39, 0.29) is 24.2 Å². The molecule has 2 rings (SSSR count). The number of hydrogen-bond donors (Lipinski definition) is 1. The van der Waals surface area contributed by atoms with Gasteiger partial charge in [-0.3, -0.25) is 9.59 Å². The van der Waals surface area contributed by atoms with E-state index in [1.165, 1.54) is 0 Å². The van der Waals surface area contributed by atoms with Crippen molar-refractivity contribution in [2.24, 2.45) is 5.92 Å². The van der Waals surface area contributed by atoms with Crippen LogP contribution in [-0.4, -0.2) is 24.3 Å². The summed E-state index contributed by atoms with van der Waals surface area (Å²) in [5.74, 6) is -1.05. The Morgan fingerprint density at radius 1 is 1.00 bits per heavy atom. The number of Topliss-reactive ketones (excluding diaryl/α,β-unsaturated/α-hetero) is 1. The van der Waals surface area contributed by atoms with Crippen LogP contribution < -0.4 is 5.32 Å². The Labute approximate surface area is 147 Å². The van der Waals surface area contributed by atoms with Gasteiger partial charge < -0.3 is 10.1 Å². The third kappa shape index (κ3) is 5.28. The molecule has 0 atom stereocenters. The predicted octanol–water partition coefficient (Wildman–Crippen LogP) is 3.63. The van der Waals surface area contributed by atoms with E-state index in [1.807, 2.05) is 13.0 Å². The Balaban J connectivity index is 1.92. The van der Waals surface area contributed by atoms with Crippen molar-refractivity contribution in [3.8, 4) is 0 Å². The second-order valence-electron chi connectivity index (χ2n) is 6.09. The molecule has 0 aromatic heterocycles. The number of esters is 1. The normalized spacial score (nSPS) is 10.4. The topological polar surface area (TPSA) is 72.5 Å². The lowest BCUT2D eigenvalue weighted by molar-refractivity contribution is -0.118. The Kier molecular flexibility index (Phi) is 6.06. The van der Waals surface area contributed by atoms with Gasteiger partial charge in [-0.05, 0) is 43.3 Å². The zero-order valence-corrected chi connectivity index (χ0v) is 14.5. The van der Waals surface area contributed by atoms with Crippen molar-refractivity contribution in [1.29, 1.82) is 0 Å². The van der Waals surface area contributed by atoms with Crippen LogP contribution in [0.3, 0.4) is 0 Å². The van der Waals surface area contributed by atoms with Gasteiger partial charge in [0.05, 0.1) is 5.56 Å². The number of nitrogens with one attached hydrogen (secondary N) is 1. The number of rotatable bonds is 6. The Morgan fingerprint density at radius 2 is 1.68 bits per heavy atom. The molecular formula is C20H21NO4. The third-order valence-electron chi connectivity index (χ3n) is 3.59. The van der Waals surface area contributed by atoms with Crippen molar-refractivity contribution in [2.75, 3.05) is 11.9 Å². The summed E-state index contributed by atoms with van der Waals surface area (Å²) in [7, 11) is 0. The lowest BCUT2D eigenvalue weighted by Gasteiger charge is -2.08. The van der Waals surface area contributed by atoms with Gasteiger partial charge >= 0.3 is 5.97 Å². The van der Waals surface area contributed by atoms with E-state index in [1.54, 1.807) is 56.3 Å². The summed E-state index contributed by atoms with van der Waals surface area (Å²) in [4.78, 5) is 35.7. The summed E-state index contributed by atoms with van der Waals surface area (Å²) >= 11 is 0. The van der Waals surface area contributed by atoms with Gasteiger partial charge in [-0.25, -0.2) is 4.79 Å². The smallest absolute Gasteiger partial charge is 0.338 e. The van der Waals surface area contributed by atoms with Gasteiger partial charge in [0.25, 0.3) is 0 Å². The monoisotopic (exact) mass is 339 g/mol. The van der Waals surface area contributed by atoms with Gasteiger partial charge in [-0.1, -0.05) is 31.5 Å². The van der Waals surface area contributed by atoms with Crippen molar-refractivity contribution in [2.45, 2.75) is 20.8 Å². The summed E-state index contributed by atoms with van der Waals surface area (Å²) in [6.45, 7) is 5.15. The summed E-state index contributed by atoms with van der Waals surface area (Å²) in [5, 5.41) is 2.75. The Morgan fingerprint density at radius 3 is 2.28 bits per heavy atom. The molecule has 0 bridgehead atoms. The van der Waals surface area contributed by atoms with Gasteiger partial charge in [0.2, 0.25) is 5.91 Å². The number of benzene rings is 2. The van der Waals surface area contributed by atoms with Gasteiger partial charge in [-0.15, -0.1) is 0 Å². The highest BCUT2D eigenvalue weighted by molar-refractivity contribution is 6.00. The largest absolute Gasteiger partial charge is 0.454 e. The molecule has 0 fully saturated rings. The standard InChI is InChI=1S/C20H21NO4/c1-13(2)19(23)21-17-9-7-15(8-10-17)18(22)12-25-20(24)16-6-4-5-14(3)11-16/h4-11,13H,12H2,1-3H3,(H,21,23). The summed E-state index contributed by atoms with van der Waals surface area (Å²) in [6, 6.07) is 13.5. The van der Waals surface area contributed by atoms with Crippen molar-refractivity contribution < 1.29 is 19.1 Å². The van der Waals surface area contributed by atoms with Gasteiger partial charge in [0.15, 0.2) is 12.4 Å². The van der Waals surface area contributed by atoms with E-state index in [2.05, 4.69) is 5.32 Å². The van der Waals surface area contributed by atoms with Crippen molar-refractivity contribution in [1.82, 2.24) is 0 Å². The predicted molar refractivity (Wildman–Crippen MR) is 95.7 cm³/mol. The molecule has 0 aliphatic heterocycles.